The molecule has 1 aliphatic rings. The lowest BCUT2D eigenvalue weighted by atomic mass is 9.83. The van der Waals surface area contributed by atoms with Crippen LogP contribution < -0.4 is 4.72 Å². The Kier molecular flexibility index (Phi) is 3.95. The summed E-state index contributed by atoms with van der Waals surface area (Å²) in [5, 5.41) is 8.92. The largest absolute Gasteiger partial charge is 0.452 e. The van der Waals surface area contributed by atoms with Crippen LogP contribution in [0.25, 0.3) is 0 Å². The van der Waals surface area contributed by atoms with Gasteiger partial charge >= 0.3 is 16.3 Å². The first-order valence-electron chi connectivity index (χ1n) is 5.10. The Labute approximate surface area is 101 Å². The van der Waals surface area contributed by atoms with Gasteiger partial charge in [-0.1, -0.05) is 0 Å². The van der Waals surface area contributed by atoms with Gasteiger partial charge in [-0.15, -0.1) is 0 Å². The molecule has 1 rings (SSSR count). The fourth-order valence-corrected chi connectivity index (χ4v) is 2.63. The van der Waals surface area contributed by atoms with Gasteiger partial charge in [0.05, 0.1) is 18.6 Å². The second kappa shape index (κ2) is 4.89. The van der Waals surface area contributed by atoms with Crippen LogP contribution >= 0.6 is 0 Å². The van der Waals surface area contributed by atoms with Gasteiger partial charge < -0.3 is 4.74 Å². The van der Waals surface area contributed by atoms with Crippen LogP contribution in [0.4, 0.5) is 4.79 Å². The van der Waals surface area contributed by atoms with E-state index in [2.05, 4.69) is 10.8 Å². The number of nitrogens with one attached hydrogen (secondary N) is 1. The number of hydrogen-bond acceptors (Lipinski definition) is 5. The summed E-state index contributed by atoms with van der Waals surface area (Å²) in [4.78, 5) is 10.9. The Morgan fingerprint density at radius 1 is 1.47 bits per heavy atom. The first kappa shape index (κ1) is 13.7. The molecule has 0 bridgehead atoms. The molecule has 8 heteroatoms. The maximum atomic E-state index is 11.7. The zero-order valence-electron chi connectivity index (χ0n) is 9.76. The maximum absolute atomic E-state index is 11.7. The molecule has 1 saturated heterocycles. The molecule has 0 aliphatic carbocycles. The van der Waals surface area contributed by atoms with Gasteiger partial charge in [0.15, 0.2) is 0 Å². The van der Waals surface area contributed by atoms with E-state index in [-0.39, 0.29) is 13.1 Å². The van der Waals surface area contributed by atoms with Crippen LogP contribution in [0.1, 0.15) is 19.8 Å². The van der Waals surface area contributed by atoms with Gasteiger partial charge in [-0.05, 0) is 19.8 Å². The van der Waals surface area contributed by atoms with Crippen LogP contribution in [-0.4, -0.2) is 39.0 Å². The number of nitrogens with zero attached hydrogens (tertiary/aromatic N) is 2. The van der Waals surface area contributed by atoms with Crippen molar-refractivity contribution in [1.82, 2.24) is 9.03 Å². The summed E-state index contributed by atoms with van der Waals surface area (Å²) >= 11 is 0. The molecule has 1 heterocycles. The lowest BCUT2D eigenvalue weighted by Crippen LogP contribution is -2.48. The Balaban J connectivity index is 2.66. The second-order valence-electron chi connectivity index (χ2n) is 4.17. The molecule has 0 unspecified atom stereocenters. The summed E-state index contributed by atoms with van der Waals surface area (Å²) in [6, 6.07) is 2.17. The standard InChI is InChI=1S/C9H15N3O4S/c1-9(7-10)3-5-12(6-4-9)17(14,15)11-8(13)16-2/h3-6H2,1-2H3,(H,11,13). The summed E-state index contributed by atoms with van der Waals surface area (Å²) in [5.74, 6) is 0. The van der Waals surface area contributed by atoms with E-state index < -0.39 is 21.7 Å². The summed E-state index contributed by atoms with van der Waals surface area (Å²) in [7, 11) is -2.76. The highest BCUT2D eigenvalue weighted by Gasteiger charge is 2.35. The van der Waals surface area contributed by atoms with Crippen LogP contribution in [0.2, 0.25) is 0 Å². The highest BCUT2D eigenvalue weighted by molar-refractivity contribution is 7.87. The van der Waals surface area contributed by atoms with E-state index in [9.17, 15) is 13.2 Å². The van der Waals surface area contributed by atoms with Gasteiger partial charge in [-0.25, -0.2) is 9.52 Å². The number of ether oxygens (including phenoxy) is 1. The highest BCUT2D eigenvalue weighted by atomic mass is 32.2. The minimum atomic E-state index is -3.85. The summed E-state index contributed by atoms with van der Waals surface area (Å²) in [6.07, 6.45) is -0.115. The monoisotopic (exact) mass is 261 g/mol. The number of rotatable bonds is 2. The zero-order valence-corrected chi connectivity index (χ0v) is 10.6. The van der Waals surface area contributed by atoms with Crippen molar-refractivity contribution in [3.8, 4) is 6.07 Å². The molecule has 0 aromatic carbocycles. The Morgan fingerprint density at radius 2 is 2.00 bits per heavy atom. The van der Waals surface area contributed by atoms with Crippen molar-refractivity contribution >= 4 is 16.3 Å². The number of hydrogen-bond donors (Lipinski definition) is 1. The van der Waals surface area contributed by atoms with E-state index in [4.69, 9.17) is 5.26 Å². The van der Waals surface area contributed by atoms with Crippen molar-refractivity contribution in [3.05, 3.63) is 0 Å². The fraction of sp³-hybridized carbons (Fsp3) is 0.778. The molecule has 1 aliphatic heterocycles. The molecular formula is C9H15N3O4S. The lowest BCUT2D eigenvalue weighted by molar-refractivity contribution is 0.175. The maximum Gasteiger partial charge on any atom is 0.421 e. The molecule has 0 radical (unpaired) electrons. The smallest absolute Gasteiger partial charge is 0.421 e. The van der Waals surface area contributed by atoms with E-state index >= 15 is 0 Å². The van der Waals surface area contributed by atoms with Gasteiger partial charge in [0.2, 0.25) is 0 Å². The van der Waals surface area contributed by atoms with Gasteiger partial charge in [-0.3, -0.25) is 0 Å². The molecule has 17 heavy (non-hydrogen) atoms. The molecule has 0 aromatic rings. The Hall–Kier alpha value is -1.33. The number of amides is 1. The average molecular weight is 261 g/mol. The van der Waals surface area contributed by atoms with E-state index in [0.29, 0.717) is 12.8 Å². The molecule has 0 spiro atoms. The molecule has 0 aromatic heterocycles. The fourth-order valence-electron chi connectivity index (χ4n) is 1.54. The van der Waals surface area contributed by atoms with Crippen molar-refractivity contribution in [2.24, 2.45) is 5.41 Å². The molecule has 1 amide bonds. The van der Waals surface area contributed by atoms with E-state index in [0.717, 1.165) is 11.4 Å². The van der Waals surface area contributed by atoms with Crippen molar-refractivity contribution < 1.29 is 17.9 Å². The molecule has 0 saturated carbocycles. The van der Waals surface area contributed by atoms with Gasteiger partial charge in [0, 0.05) is 13.1 Å². The van der Waals surface area contributed by atoms with E-state index in [1.54, 1.807) is 11.6 Å². The van der Waals surface area contributed by atoms with Gasteiger partial charge in [0.25, 0.3) is 0 Å². The summed E-state index contributed by atoms with van der Waals surface area (Å²) < 4.78 is 30.5. The lowest BCUT2D eigenvalue weighted by Gasteiger charge is -2.33. The van der Waals surface area contributed by atoms with Crippen molar-refractivity contribution in [1.29, 1.82) is 5.26 Å². The molecule has 96 valence electrons. The Bertz CT molecular complexity index is 432. The number of methoxy groups -OCH3 is 1. The minimum absolute atomic E-state index is 0.219. The summed E-state index contributed by atoms with van der Waals surface area (Å²) in [6.45, 7) is 2.23. The van der Waals surface area contributed by atoms with Gasteiger partial charge in [0.1, 0.15) is 0 Å². The molecule has 1 N–H and O–H groups in total. The molecular weight excluding hydrogens is 246 g/mol. The van der Waals surface area contributed by atoms with Crippen LogP contribution in [0.3, 0.4) is 0 Å². The quantitative estimate of drug-likeness (QED) is 0.766. The molecule has 0 atom stereocenters. The van der Waals surface area contributed by atoms with E-state index in [1.165, 1.54) is 0 Å². The predicted octanol–water partition coefficient (Wildman–Crippen LogP) is 0.213. The highest BCUT2D eigenvalue weighted by Crippen LogP contribution is 2.30. The third-order valence-corrected chi connectivity index (χ3v) is 4.30. The number of carbonyl (C=O) groups excluding carboxylic acids is 1. The first-order chi connectivity index (χ1) is 7.83. The Morgan fingerprint density at radius 3 is 2.41 bits per heavy atom. The third-order valence-electron chi connectivity index (χ3n) is 2.83. The van der Waals surface area contributed by atoms with E-state index in [1.807, 2.05) is 0 Å². The van der Waals surface area contributed by atoms with Crippen molar-refractivity contribution in [3.63, 3.8) is 0 Å². The van der Waals surface area contributed by atoms with Crippen LogP contribution in [0.5, 0.6) is 0 Å². The minimum Gasteiger partial charge on any atom is -0.452 e. The number of nitriles is 1. The average Bonchev–Trinajstić information content (AvgIpc) is 2.29. The normalized spacial score (nSPS) is 20.3. The van der Waals surface area contributed by atoms with Crippen molar-refractivity contribution in [2.75, 3.05) is 20.2 Å². The van der Waals surface area contributed by atoms with Crippen LogP contribution in [0.15, 0.2) is 0 Å². The first-order valence-corrected chi connectivity index (χ1v) is 6.54. The molecule has 1 fully saturated rings. The second-order valence-corrected chi connectivity index (χ2v) is 5.84. The zero-order chi connectivity index (χ0) is 13.1. The van der Waals surface area contributed by atoms with Crippen LogP contribution in [-0.2, 0) is 14.9 Å². The van der Waals surface area contributed by atoms with Crippen molar-refractivity contribution in [2.45, 2.75) is 19.8 Å². The summed E-state index contributed by atoms with van der Waals surface area (Å²) in [5.41, 5.74) is -0.489. The number of carbonyl (C=O) groups is 1. The number of piperidine rings is 1. The molecule has 7 nitrogen and oxygen atoms in total. The SMILES string of the molecule is COC(=O)NS(=O)(=O)N1CCC(C)(C#N)CC1. The predicted molar refractivity (Wildman–Crippen MR) is 59.0 cm³/mol. The topological polar surface area (TPSA) is 99.5 Å². The van der Waals surface area contributed by atoms with Crippen LogP contribution in [0, 0.1) is 16.7 Å². The van der Waals surface area contributed by atoms with Gasteiger partial charge in [-0.2, -0.15) is 18.0 Å². The third kappa shape index (κ3) is 3.31.